The Hall–Kier alpha value is -1.71. The first-order chi connectivity index (χ1) is 6.24. The fourth-order valence-electron chi connectivity index (χ4n) is 0.926. The van der Waals surface area contributed by atoms with E-state index < -0.39 is 0 Å². The predicted molar refractivity (Wildman–Crippen MR) is 47.8 cm³/mol. The Balaban J connectivity index is 2.74. The molecule has 0 saturated carbocycles. The van der Waals surface area contributed by atoms with Crippen LogP contribution in [-0.2, 0) is 11.2 Å². The van der Waals surface area contributed by atoms with Crippen molar-refractivity contribution in [2.24, 2.45) is 5.16 Å². The Kier molecular flexibility index (Phi) is 3.14. The first-order valence-electron chi connectivity index (χ1n) is 3.85. The molecule has 0 aliphatic rings. The maximum Gasteiger partial charge on any atom is 0.177 e. The molecule has 1 aromatic heterocycles. The minimum Gasteiger partial charge on any atom is -0.411 e. The van der Waals surface area contributed by atoms with Gasteiger partial charge >= 0.3 is 0 Å². The molecule has 0 unspecified atom stereocenters. The van der Waals surface area contributed by atoms with Gasteiger partial charge in [-0.25, -0.2) is 0 Å². The van der Waals surface area contributed by atoms with Crippen LogP contribution in [0.5, 0.6) is 0 Å². The number of hydrogen-bond donors (Lipinski definition) is 1. The van der Waals surface area contributed by atoms with Crippen molar-refractivity contribution < 1.29 is 10.0 Å². The molecule has 1 aromatic rings. The molecular weight excluding hydrogens is 168 g/mol. The second kappa shape index (κ2) is 4.35. The molecule has 1 heterocycles. The summed E-state index contributed by atoms with van der Waals surface area (Å²) in [7, 11) is 0. The minimum atomic E-state index is -0.230. The summed E-state index contributed by atoms with van der Waals surface area (Å²) in [6.45, 7) is 1.37. The highest BCUT2D eigenvalue weighted by atomic mass is 16.4. The molecule has 0 bridgehead atoms. The second-order valence-electron chi connectivity index (χ2n) is 2.64. The molecule has 0 radical (unpaired) electrons. The standard InChI is InChI=1S/C9H10N2O2/c1-7(12)9(11-13)5-8-3-2-4-10-6-8/h2-4,6,13H,5H2,1H3/b11-9-. The molecule has 68 valence electrons. The van der Waals surface area contributed by atoms with E-state index in [1.54, 1.807) is 18.5 Å². The number of hydrogen-bond acceptors (Lipinski definition) is 4. The molecule has 1 N–H and O–H groups in total. The molecule has 1 rings (SSSR count). The molecule has 0 fully saturated rings. The van der Waals surface area contributed by atoms with Crippen molar-refractivity contribution in [3.05, 3.63) is 30.1 Å². The first kappa shape index (κ1) is 9.38. The van der Waals surface area contributed by atoms with Gasteiger partial charge in [-0.15, -0.1) is 0 Å². The average Bonchev–Trinajstić information content (AvgIpc) is 2.15. The van der Waals surface area contributed by atoms with Crippen LogP contribution in [0.15, 0.2) is 29.7 Å². The summed E-state index contributed by atoms with van der Waals surface area (Å²) < 4.78 is 0. The smallest absolute Gasteiger partial charge is 0.177 e. The molecule has 4 nitrogen and oxygen atoms in total. The van der Waals surface area contributed by atoms with Gasteiger partial charge < -0.3 is 5.21 Å². The van der Waals surface area contributed by atoms with E-state index in [0.717, 1.165) is 5.56 Å². The monoisotopic (exact) mass is 178 g/mol. The Morgan fingerprint density at radius 1 is 1.69 bits per heavy atom. The summed E-state index contributed by atoms with van der Waals surface area (Å²) in [5, 5.41) is 11.4. The van der Waals surface area contributed by atoms with Crippen molar-refractivity contribution in [1.29, 1.82) is 0 Å². The zero-order valence-electron chi connectivity index (χ0n) is 7.27. The number of nitrogens with zero attached hydrogens (tertiary/aromatic N) is 2. The van der Waals surface area contributed by atoms with Crippen molar-refractivity contribution in [3.8, 4) is 0 Å². The molecule has 13 heavy (non-hydrogen) atoms. The lowest BCUT2D eigenvalue weighted by molar-refractivity contribution is -0.111. The maximum atomic E-state index is 10.9. The van der Waals surface area contributed by atoms with Crippen LogP contribution in [0.4, 0.5) is 0 Å². The molecule has 0 amide bonds. The summed E-state index contributed by atoms with van der Waals surface area (Å²) in [4.78, 5) is 14.8. The van der Waals surface area contributed by atoms with Gasteiger partial charge in [-0.1, -0.05) is 11.2 Å². The van der Waals surface area contributed by atoms with Crippen LogP contribution >= 0.6 is 0 Å². The Bertz CT molecular complexity index is 320. The van der Waals surface area contributed by atoms with E-state index in [-0.39, 0.29) is 11.5 Å². The molecule has 0 saturated heterocycles. The third-order valence-electron chi connectivity index (χ3n) is 1.62. The third kappa shape index (κ3) is 2.66. The van der Waals surface area contributed by atoms with Crippen LogP contribution in [0.2, 0.25) is 0 Å². The van der Waals surface area contributed by atoms with Crippen molar-refractivity contribution >= 4 is 11.5 Å². The van der Waals surface area contributed by atoms with E-state index in [2.05, 4.69) is 10.1 Å². The van der Waals surface area contributed by atoms with Gasteiger partial charge in [0.25, 0.3) is 0 Å². The number of aromatic nitrogens is 1. The lowest BCUT2D eigenvalue weighted by Gasteiger charge is -1.98. The normalized spacial score (nSPS) is 11.3. The van der Waals surface area contributed by atoms with Crippen LogP contribution in [0.3, 0.4) is 0 Å². The van der Waals surface area contributed by atoms with Crippen molar-refractivity contribution in [3.63, 3.8) is 0 Å². The highest BCUT2D eigenvalue weighted by Crippen LogP contribution is 1.99. The SMILES string of the molecule is CC(=O)/C(Cc1cccnc1)=N\O. The number of oxime groups is 1. The summed E-state index contributed by atoms with van der Waals surface area (Å²) in [6, 6.07) is 3.59. The summed E-state index contributed by atoms with van der Waals surface area (Å²) >= 11 is 0. The molecule has 0 spiro atoms. The highest BCUT2D eigenvalue weighted by Gasteiger charge is 2.07. The lowest BCUT2D eigenvalue weighted by atomic mass is 10.1. The molecule has 0 aliphatic carbocycles. The molecular formula is C9H10N2O2. The number of carbonyl (C=O) groups is 1. The lowest BCUT2D eigenvalue weighted by Crippen LogP contribution is -2.13. The topological polar surface area (TPSA) is 62.5 Å². The van der Waals surface area contributed by atoms with Crippen LogP contribution < -0.4 is 0 Å². The number of Topliss-reactive ketones (excluding diaryl/α,β-unsaturated/α-hetero) is 1. The van der Waals surface area contributed by atoms with Crippen LogP contribution in [0.25, 0.3) is 0 Å². The quantitative estimate of drug-likeness (QED) is 0.427. The van der Waals surface area contributed by atoms with Gasteiger partial charge in [0.15, 0.2) is 5.78 Å². The van der Waals surface area contributed by atoms with Crippen LogP contribution in [-0.4, -0.2) is 21.7 Å². The van der Waals surface area contributed by atoms with E-state index >= 15 is 0 Å². The molecule has 0 aromatic carbocycles. The second-order valence-corrected chi connectivity index (χ2v) is 2.64. The molecule has 4 heteroatoms. The maximum absolute atomic E-state index is 10.9. The van der Waals surface area contributed by atoms with Crippen molar-refractivity contribution in [2.75, 3.05) is 0 Å². The fourth-order valence-corrected chi connectivity index (χ4v) is 0.926. The highest BCUT2D eigenvalue weighted by molar-refractivity contribution is 6.39. The molecule has 0 atom stereocenters. The van der Waals surface area contributed by atoms with E-state index in [0.29, 0.717) is 6.42 Å². The van der Waals surface area contributed by atoms with E-state index in [1.165, 1.54) is 6.92 Å². The van der Waals surface area contributed by atoms with Gasteiger partial charge in [0.2, 0.25) is 0 Å². The van der Waals surface area contributed by atoms with Crippen molar-refractivity contribution in [1.82, 2.24) is 4.98 Å². The summed E-state index contributed by atoms with van der Waals surface area (Å²) in [5.41, 5.74) is 0.999. The number of carbonyl (C=O) groups excluding carboxylic acids is 1. The van der Waals surface area contributed by atoms with Crippen molar-refractivity contribution in [2.45, 2.75) is 13.3 Å². The van der Waals surface area contributed by atoms with Gasteiger partial charge in [0, 0.05) is 25.7 Å². The average molecular weight is 178 g/mol. The van der Waals surface area contributed by atoms with Gasteiger partial charge in [-0.3, -0.25) is 9.78 Å². The van der Waals surface area contributed by atoms with E-state index in [4.69, 9.17) is 5.21 Å². The third-order valence-corrected chi connectivity index (χ3v) is 1.62. The Labute approximate surface area is 75.9 Å². The summed E-state index contributed by atoms with van der Waals surface area (Å²) in [5.74, 6) is -0.230. The zero-order valence-corrected chi connectivity index (χ0v) is 7.27. The molecule has 0 aliphatic heterocycles. The number of pyridine rings is 1. The predicted octanol–water partition coefficient (Wildman–Crippen LogP) is 1.04. The van der Waals surface area contributed by atoms with Gasteiger partial charge in [0.1, 0.15) is 5.71 Å². The van der Waals surface area contributed by atoms with Crippen LogP contribution in [0, 0.1) is 0 Å². The van der Waals surface area contributed by atoms with E-state index in [1.807, 2.05) is 6.07 Å². The Morgan fingerprint density at radius 2 is 2.46 bits per heavy atom. The fraction of sp³-hybridized carbons (Fsp3) is 0.222. The minimum absolute atomic E-state index is 0.146. The van der Waals surface area contributed by atoms with Gasteiger partial charge in [0.05, 0.1) is 0 Å². The van der Waals surface area contributed by atoms with Crippen LogP contribution in [0.1, 0.15) is 12.5 Å². The first-order valence-corrected chi connectivity index (χ1v) is 3.85. The number of rotatable bonds is 3. The Morgan fingerprint density at radius 3 is 2.92 bits per heavy atom. The van der Waals surface area contributed by atoms with Gasteiger partial charge in [-0.2, -0.15) is 0 Å². The van der Waals surface area contributed by atoms with Gasteiger partial charge in [-0.05, 0) is 11.6 Å². The van der Waals surface area contributed by atoms with E-state index in [9.17, 15) is 4.79 Å². The number of ketones is 1. The summed E-state index contributed by atoms with van der Waals surface area (Å²) in [6.07, 6.45) is 3.60. The largest absolute Gasteiger partial charge is 0.411 e. The zero-order chi connectivity index (χ0) is 9.68.